The van der Waals surface area contributed by atoms with Gasteiger partial charge in [-0.05, 0) is 6.92 Å². The number of aliphatic hydroxyl groups excluding tert-OH is 2. The first kappa shape index (κ1) is 13.7. The normalized spacial score (nSPS) is 14.7. The molecule has 0 aliphatic carbocycles. The zero-order valence-corrected chi connectivity index (χ0v) is 10.7. The Balaban J connectivity index is 2.01. The number of nitrogens with one attached hydrogen (secondary N) is 1. The van der Waals surface area contributed by atoms with E-state index >= 15 is 0 Å². The molecule has 0 aromatic carbocycles. The van der Waals surface area contributed by atoms with Crippen molar-refractivity contribution >= 4 is 17.0 Å². The molecule has 0 fully saturated rings. The summed E-state index contributed by atoms with van der Waals surface area (Å²) in [6, 6.07) is 0. The number of nitrogens with two attached hydrogens (primary N) is 1. The van der Waals surface area contributed by atoms with E-state index in [0.29, 0.717) is 36.6 Å². The number of aromatic nitrogens is 4. The van der Waals surface area contributed by atoms with Crippen LogP contribution in [0.2, 0.25) is 0 Å². The van der Waals surface area contributed by atoms with E-state index in [1.54, 1.807) is 17.8 Å². The van der Waals surface area contributed by atoms with Gasteiger partial charge in [-0.15, -0.1) is 0 Å². The fraction of sp³-hybridized carbons (Fsp3) is 0.545. The molecule has 2 heterocycles. The van der Waals surface area contributed by atoms with Gasteiger partial charge in [-0.3, -0.25) is 0 Å². The van der Waals surface area contributed by atoms with Crippen LogP contribution in [0.3, 0.4) is 0 Å². The van der Waals surface area contributed by atoms with Gasteiger partial charge in [0, 0.05) is 13.1 Å². The van der Waals surface area contributed by atoms with Crippen LogP contribution in [-0.4, -0.2) is 55.0 Å². The van der Waals surface area contributed by atoms with E-state index in [1.165, 1.54) is 6.33 Å². The Morgan fingerprint density at radius 1 is 1.32 bits per heavy atom. The third-order valence-corrected chi connectivity index (χ3v) is 2.67. The molecule has 2 aromatic heterocycles. The number of rotatable bonds is 6. The molecule has 19 heavy (non-hydrogen) atoms. The van der Waals surface area contributed by atoms with Crippen molar-refractivity contribution in [2.45, 2.75) is 25.7 Å². The standard InChI is InChI=1S/C11H18N6O2/c1-7(18)2-13-3-8(19)4-17-6-16-11-9(17)10(12)14-5-15-11/h5-8,13,18-19H,2-4H2,1H3,(H2,12,14,15). The molecule has 0 saturated heterocycles. The van der Waals surface area contributed by atoms with E-state index < -0.39 is 12.2 Å². The van der Waals surface area contributed by atoms with Crippen molar-refractivity contribution in [3.8, 4) is 0 Å². The highest BCUT2D eigenvalue weighted by molar-refractivity contribution is 5.81. The molecule has 2 unspecified atom stereocenters. The van der Waals surface area contributed by atoms with Crippen LogP contribution in [0, 0.1) is 0 Å². The molecule has 0 spiro atoms. The molecule has 0 aliphatic heterocycles. The predicted molar refractivity (Wildman–Crippen MR) is 70.3 cm³/mol. The van der Waals surface area contributed by atoms with Crippen LogP contribution < -0.4 is 11.1 Å². The highest BCUT2D eigenvalue weighted by Gasteiger charge is 2.12. The first-order chi connectivity index (χ1) is 9.08. The molecular formula is C11H18N6O2. The quantitative estimate of drug-likeness (QED) is 0.514. The number of fused-ring (bicyclic) bond motifs is 1. The molecule has 2 atom stereocenters. The monoisotopic (exact) mass is 266 g/mol. The van der Waals surface area contributed by atoms with Gasteiger partial charge in [0.25, 0.3) is 0 Å². The Morgan fingerprint density at radius 3 is 2.84 bits per heavy atom. The molecule has 2 aromatic rings. The minimum absolute atomic E-state index is 0.334. The molecule has 0 bridgehead atoms. The van der Waals surface area contributed by atoms with Gasteiger partial charge in [-0.2, -0.15) is 0 Å². The summed E-state index contributed by atoms with van der Waals surface area (Å²) in [6.07, 6.45) is 1.88. The van der Waals surface area contributed by atoms with Crippen molar-refractivity contribution in [1.29, 1.82) is 0 Å². The third kappa shape index (κ3) is 3.37. The summed E-state index contributed by atoms with van der Waals surface area (Å²) < 4.78 is 1.72. The minimum atomic E-state index is -0.615. The summed E-state index contributed by atoms with van der Waals surface area (Å²) in [5.74, 6) is 0.339. The molecule has 8 nitrogen and oxygen atoms in total. The van der Waals surface area contributed by atoms with Gasteiger partial charge in [-0.1, -0.05) is 0 Å². The van der Waals surface area contributed by atoms with Crippen LogP contribution in [0.25, 0.3) is 11.2 Å². The second-order valence-corrected chi connectivity index (χ2v) is 4.49. The van der Waals surface area contributed by atoms with Gasteiger partial charge in [0.2, 0.25) is 0 Å². The minimum Gasteiger partial charge on any atom is -0.392 e. The SMILES string of the molecule is CC(O)CNCC(O)Cn1cnc2ncnc(N)c21. The number of hydrogen-bond acceptors (Lipinski definition) is 7. The maximum absolute atomic E-state index is 9.91. The summed E-state index contributed by atoms with van der Waals surface area (Å²) >= 11 is 0. The number of nitrogens with zero attached hydrogens (tertiary/aromatic N) is 4. The summed E-state index contributed by atoms with van der Waals surface area (Å²) in [6.45, 7) is 2.83. The van der Waals surface area contributed by atoms with Crippen LogP contribution in [0.15, 0.2) is 12.7 Å². The second-order valence-electron chi connectivity index (χ2n) is 4.49. The number of anilines is 1. The average Bonchev–Trinajstić information content (AvgIpc) is 2.73. The summed E-state index contributed by atoms with van der Waals surface area (Å²) in [4.78, 5) is 12.0. The topological polar surface area (TPSA) is 122 Å². The molecule has 0 saturated carbocycles. The molecule has 104 valence electrons. The summed E-state index contributed by atoms with van der Waals surface area (Å²) in [7, 11) is 0. The first-order valence-electron chi connectivity index (χ1n) is 6.06. The largest absolute Gasteiger partial charge is 0.392 e. The maximum atomic E-state index is 9.91. The van der Waals surface area contributed by atoms with E-state index in [4.69, 9.17) is 10.8 Å². The molecule has 0 radical (unpaired) electrons. The highest BCUT2D eigenvalue weighted by Crippen LogP contribution is 2.15. The third-order valence-electron chi connectivity index (χ3n) is 2.67. The Labute approximate surface area is 110 Å². The lowest BCUT2D eigenvalue weighted by molar-refractivity contribution is 0.140. The lowest BCUT2D eigenvalue weighted by Crippen LogP contribution is -2.34. The fourth-order valence-electron chi connectivity index (χ4n) is 1.82. The molecule has 5 N–H and O–H groups in total. The van der Waals surface area contributed by atoms with Crippen molar-refractivity contribution in [3.63, 3.8) is 0 Å². The van der Waals surface area contributed by atoms with E-state index in [9.17, 15) is 5.11 Å². The number of nitrogen functional groups attached to an aromatic ring is 1. The van der Waals surface area contributed by atoms with Gasteiger partial charge in [0.05, 0.1) is 25.1 Å². The predicted octanol–water partition coefficient (Wildman–Crippen LogP) is -1.26. The first-order valence-corrected chi connectivity index (χ1v) is 6.06. The van der Waals surface area contributed by atoms with E-state index in [2.05, 4.69) is 20.3 Å². The molecule has 0 aliphatic rings. The summed E-state index contributed by atoms with van der Waals surface area (Å²) in [5, 5.41) is 22.0. The number of aliphatic hydroxyl groups is 2. The lowest BCUT2D eigenvalue weighted by Gasteiger charge is -2.14. The van der Waals surface area contributed by atoms with Crippen molar-refractivity contribution < 1.29 is 10.2 Å². The highest BCUT2D eigenvalue weighted by atomic mass is 16.3. The van der Waals surface area contributed by atoms with Crippen molar-refractivity contribution in [2.24, 2.45) is 0 Å². The average molecular weight is 266 g/mol. The van der Waals surface area contributed by atoms with Crippen LogP contribution in [0.4, 0.5) is 5.82 Å². The van der Waals surface area contributed by atoms with E-state index in [-0.39, 0.29) is 0 Å². The number of imidazole rings is 1. The second kappa shape index (κ2) is 5.91. The molecule has 8 heteroatoms. The van der Waals surface area contributed by atoms with Gasteiger partial charge in [0.1, 0.15) is 11.8 Å². The number of hydrogen-bond donors (Lipinski definition) is 4. The molecule has 2 rings (SSSR count). The Bertz CT molecular complexity index is 541. The smallest absolute Gasteiger partial charge is 0.182 e. The Morgan fingerprint density at radius 2 is 2.11 bits per heavy atom. The zero-order valence-electron chi connectivity index (χ0n) is 10.7. The van der Waals surface area contributed by atoms with Gasteiger partial charge >= 0.3 is 0 Å². The van der Waals surface area contributed by atoms with Crippen molar-refractivity contribution in [1.82, 2.24) is 24.8 Å². The Kier molecular flexibility index (Phi) is 4.25. The van der Waals surface area contributed by atoms with Crippen molar-refractivity contribution in [3.05, 3.63) is 12.7 Å². The van der Waals surface area contributed by atoms with E-state index in [1.807, 2.05) is 0 Å². The lowest BCUT2D eigenvalue weighted by atomic mass is 10.3. The van der Waals surface area contributed by atoms with E-state index in [0.717, 1.165) is 0 Å². The van der Waals surface area contributed by atoms with Crippen LogP contribution >= 0.6 is 0 Å². The Hall–Kier alpha value is -1.77. The van der Waals surface area contributed by atoms with Crippen molar-refractivity contribution in [2.75, 3.05) is 18.8 Å². The maximum Gasteiger partial charge on any atom is 0.182 e. The van der Waals surface area contributed by atoms with Gasteiger partial charge in [0.15, 0.2) is 11.5 Å². The summed E-state index contributed by atoms with van der Waals surface area (Å²) in [5.41, 5.74) is 6.91. The van der Waals surface area contributed by atoms with Crippen LogP contribution in [0.1, 0.15) is 6.92 Å². The molecule has 0 amide bonds. The van der Waals surface area contributed by atoms with Gasteiger partial charge < -0.3 is 25.8 Å². The van der Waals surface area contributed by atoms with Crippen LogP contribution in [0.5, 0.6) is 0 Å². The zero-order chi connectivity index (χ0) is 13.8. The van der Waals surface area contributed by atoms with Gasteiger partial charge in [-0.25, -0.2) is 15.0 Å². The molecular weight excluding hydrogens is 248 g/mol. The van der Waals surface area contributed by atoms with Crippen LogP contribution in [-0.2, 0) is 6.54 Å². The fourth-order valence-corrected chi connectivity index (χ4v) is 1.82.